The Morgan fingerprint density at radius 3 is 2.41 bits per heavy atom. The van der Waals surface area contributed by atoms with E-state index < -0.39 is 5.41 Å². The lowest BCUT2D eigenvalue weighted by Gasteiger charge is -2.27. The van der Waals surface area contributed by atoms with Crippen LogP contribution < -0.4 is 10.6 Å². The highest BCUT2D eigenvalue weighted by Gasteiger charge is 2.56. The highest BCUT2D eigenvalue weighted by Crippen LogP contribution is 2.46. The smallest absolute Gasteiger partial charge is 0.235 e. The van der Waals surface area contributed by atoms with Gasteiger partial charge >= 0.3 is 0 Å². The van der Waals surface area contributed by atoms with E-state index >= 15 is 0 Å². The van der Waals surface area contributed by atoms with Gasteiger partial charge in [0, 0.05) is 32.2 Å². The summed E-state index contributed by atoms with van der Waals surface area (Å²) in [6.45, 7) is 4.81. The number of rotatable bonds is 6. The molecule has 0 atom stereocenters. The number of morpholine rings is 1. The summed E-state index contributed by atoms with van der Waals surface area (Å²) >= 11 is 0. The molecule has 124 valence electrons. The van der Waals surface area contributed by atoms with Gasteiger partial charge in [0.15, 0.2) is 0 Å². The maximum absolute atomic E-state index is 12.4. The van der Waals surface area contributed by atoms with Gasteiger partial charge in [-0.3, -0.25) is 14.5 Å². The van der Waals surface area contributed by atoms with E-state index in [-0.39, 0.29) is 17.9 Å². The van der Waals surface area contributed by atoms with Gasteiger partial charge in [-0.05, 0) is 25.7 Å². The summed E-state index contributed by atoms with van der Waals surface area (Å²) in [4.78, 5) is 27.0. The zero-order valence-corrected chi connectivity index (χ0v) is 13.2. The number of hydrogen-bond donors (Lipinski definition) is 2. The fourth-order valence-corrected chi connectivity index (χ4v) is 3.40. The van der Waals surface area contributed by atoms with Crippen LogP contribution in [0.25, 0.3) is 0 Å². The SMILES string of the molecule is O=C(NCCN1CCOCC1)C1(C(=O)NC2CCCC2)CC1. The first-order valence-electron chi connectivity index (χ1n) is 8.60. The Balaban J connectivity index is 1.41. The van der Waals surface area contributed by atoms with Crippen molar-refractivity contribution in [3.8, 4) is 0 Å². The first kappa shape index (κ1) is 15.7. The van der Waals surface area contributed by atoms with Gasteiger partial charge < -0.3 is 15.4 Å². The van der Waals surface area contributed by atoms with Crippen LogP contribution in [-0.4, -0.2) is 62.1 Å². The molecule has 0 radical (unpaired) electrons. The van der Waals surface area contributed by atoms with Crippen molar-refractivity contribution in [1.29, 1.82) is 0 Å². The molecule has 3 fully saturated rings. The van der Waals surface area contributed by atoms with E-state index in [4.69, 9.17) is 4.74 Å². The minimum Gasteiger partial charge on any atom is -0.379 e. The molecule has 0 spiro atoms. The molecule has 3 rings (SSSR count). The molecular weight excluding hydrogens is 282 g/mol. The molecule has 1 aliphatic heterocycles. The molecule has 6 heteroatoms. The molecule has 0 unspecified atom stereocenters. The van der Waals surface area contributed by atoms with Crippen LogP contribution >= 0.6 is 0 Å². The summed E-state index contributed by atoms with van der Waals surface area (Å²) < 4.78 is 5.30. The molecule has 0 bridgehead atoms. The van der Waals surface area contributed by atoms with Gasteiger partial charge in [-0.25, -0.2) is 0 Å². The molecule has 3 aliphatic rings. The van der Waals surface area contributed by atoms with Crippen molar-refractivity contribution in [3.05, 3.63) is 0 Å². The van der Waals surface area contributed by atoms with E-state index in [9.17, 15) is 9.59 Å². The van der Waals surface area contributed by atoms with Gasteiger partial charge in [0.25, 0.3) is 0 Å². The highest BCUT2D eigenvalue weighted by molar-refractivity contribution is 6.07. The number of carbonyl (C=O) groups is 2. The molecule has 2 saturated carbocycles. The van der Waals surface area contributed by atoms with Crippen LogP contribution in [0.15, 0.2) is 0 Å². The molecule has 6 nitrogen and oxygen atoms in total. The molecular formula is C16H27N3O3. The lowest BCUT2D eigenvalue weighted by molar-refractivity contribution is -0.137. The van der Waals surface area contributed by atoms with Crippen molar-refractivity contribution in [3.63, 3.8) is 0 Å². The second-order valence-electron chi connectivity index (χ2n) is 6.75. The molecule has 2 N–H and O–H groups in total. The average Bonchev–Trinajstić information content (AvgIpc) is 3.20. The first-order chi connectivity index (χ1) is 10.7. The van der Waals surface area contributed by atoms with Crippen LogP contribution in [0.1, 0.15) is 38.5 Å². The van der Waals surface area contributed by atoms with Gasteiger partial charge in [-0.1, -0.05) is 12.8 Å². The Morgan fingerprint density at radius 1 is 1.09 bits per heavy atom. The van der Waals surface area contributed by atoms with E-state index in [0.717, 1.165) is 45.7 Å². The molecule has 1 heterocycles. The summed E-state index contributed by atoms with van der Waals surface area (Å²) in [5, 5.41) is 6.03. The van der Waals surface area contributed by atoms with Crippen molar-refractivity contribution >= 4 is 11.8 Å². The third kappa shape index (κ3) is 3.60. The van der Waals surface area contributed by atoms with Crippen molar-refractivity contribution in [1.82, 2.24) is 15.5 Å². The van der Waals surface area contributed by atoms with E-state index in [1.165, 1.54) is 12.8 Å². The predicted molar refractivity (Wildman–Crippen MR) is 82.3 cm³/mol. The summed E-state index contributed by atoms with van der Waals surface area (Å²) in [5.41, 5.74) is -0.770. The minimum atomic E-state index is -0.770. The third-order valence-corrected chi connectivity index (χ3v) is 5.13. The number of ether oxygens (including phenoxy) is 1. The maximum atomic E-state index is 12.4. The van der Waals surface area contributed by atoms with E-state index in [1.54, 1.807) is 0 Å². The van der Waals surface area contributed by atoms with Crippen LogP contribution in [0.2, 0.25) is 0 Å². The molecule has 1 saturated heterocycles. The van der Waals surface area contributed by atoms with E-state index in [0.29, 0.717) is 19.4 Å². The monoisotopic (exact) mass is 309 g/mol. The van der Waals surface area contributed by atoms with Crippen molar-refractivity contribution in [2.24, 2.45) is 5.41 Å². The topological polar surface area (TPSA) is 70.7 Å². The minimum absolute atomic E-state index is 0.0525. The zero-order chi connectivity index (χ0) is 15.4. The van der Waals surface area contributed by atoms with E-state index in [2.05, 4.69) is 15.5 Å². The predicted octanol–water partition coefficient (Wildman–Crippen LogP) is 0.274. The normalized spacial score (nSPS) is 24.9. The van der Waals surface area contributed by atoms with Crippen molar-refractivity contribution < 1.29 is 14.3 Å². The average molecular weight is 309 g/mol. The second-order valence-corrected chi connectivity index (χ2v) is 6.75. The van der Waals surface area contributed by atoms with Crippen LogP contribution in [0.4, 0.5) is 0 Å². The van der Waals surface area contributed by atoms with Crippen LogP contribution in [0.3, 0.4) is 0 Å². The van der Waals surface area contributed by atoms with Gasteiger partial charge in [0.1, 0.15) is 5.41 Å². The zero-order valence-electron chi connectivity index (χ0n) is 13.2. The second kappa shape index (κ2) is 6.96. The summed E-state index contributed by atoms with van der Waals surface area (Å²) in [6.07, 6.45) is 5.86. The largest absolute Gasteiger partial charge is 0.379 e. The molecule has 22 heavy (non-hydrogen) atoms. The number of hydrogen-bond acceptors (Lipinski definition) is 4. The molecule has 2 amide bonds. The number of nitrogens with one attached hydrogen (secondary N) is 2. The Labute approximate surface area is 131 Å². The number of amides is 2. The van der Waals surface area contributed by atoms with E-state index in [1.807, 2.05) is 0 Å². The quantitative estimate of drug-likeness (QED) is 0.691. The Kier molecular flexibility index (Phi) is 4.98. The van der Waals surface area contributed by atoms with Crippen LogP contribution in [-0.2, 0) is 14.3 Å². The van der Waals surface area contributed by atoms with Crippen molar-refractivity contribution in [2.75, 3.05) is 39.4 Å². The molecule has 0 aromatic carbocycles. The standard InChI is InChI=1S/C16H27N3O3/c20-14(17-7-8-19-9-11-22-12-10-19)16(5-6-16)15(21)18-13-3-1-2-4-13/h13H,1-12H2,(H,17,20)(H,18,21). The fraction of sp³-hybridized carbons (Fsp3) is 0.875. The van der Waals surface area contributed by atoms with Gasteiger partial charge in [-0.15, -0.1) is 0 Å². The Hall–Kier alpha value is -1.14. The summed E-state index contributed by atoms with van der Waals surface area (Å²) in [6, 6.07) is 0.283. The lowest BCUT2D eigenvalue weighted by Crippen LogP contribution is -2.48. The summed E-state index contributed by atoms with van der Waals surface area (Å²) in [7, 11) is 0. The fourth-order valence-electron chi connectivity index (χ4n) is 3.40. The van der Waals surface area contributed by atoms with Gasteiger partial charge in [0.05, 0.1) is 13.2 Å². The van der Waals surface area contributed by atoms with Crippen LogP contribution in [0, 0.1) is 5.41 Å². The molecule has 0 aromatic rings. The molecule has 0 aromatic heterocycles. The third-order valence-electron chi connectivity index (χ3n) is 5.13. The highest BCUT2D eigenvalue weighted by atomic mass is 16.5. The number of nitrogens with zero attached hydrogens (tertiary/aromatic N) is 1. The Bertz CT molecular complexity index is 411. The maximum Gasteiger partial charge on any atom is 0.235 e. The first-order valence-corrected chi connectivity index (χ1v) is 8.60. The Morgan fingerprint density at radius 2 is 1.77 bits per heavy atom. The summed E-state index contributed by atoms with van der Waals surface area (Å²) in [5.74, 6) is -0.139. The lowest BCUT2D eigenvalue weighted by atomic mass is 10.0. The van der Waals surface area contributed by atoms with Gasteiger partial charge in [0.2, 0.25) is 11.8 Å². The molecule has 2 aliphatic carbocycles. The number of carbonyl (C=O) groups excluding carboxylic acids is 2. The van der Waals surface area contributed by atoms with Crippen molar-refractivity contribution in [2.45, 2.75) is 44.6 Å². The van der Waals surface area contributed by atoms with Gasteiger partial charge in [-0.2, -0.15) is 0 Å². The van der Waals surface area contributed by atoms with Crippen LogP contribution in [0.5, 0.6) is 0 Å².